The third kappa shape index (κ3) is 4.80. The van der Waals surface area contributed by atoms with Crippen LogP contribution in [0.1, 0.15) is 0 Å². The van der Waals surface area contributed by atoms with Crippen LogP contribution in [-0.4, -0.2) is 9.55 Å². The fraction of sp³-hybridized carbons (Fsp3) is 0. The van der Waals surface area contributed by atoms with Crippen molar-refractivity contribution in [1.29, 1.82) is 0 Å². The van der Waals surface area contributed by atoms with Crippen molar-refractivity contribution in [2.75, 3.05) is 0 Å². The van der Waals surface area contributed by atoms with Crippen LogP contribution in [0.5, 0.6) is 0 Å². The highest BCUT2D eigenvalue weighted by molar-refractivity contribution is 6.17. The predicted molar refractivity (Wildman–Crippen MR) is 217 cm³/mol. The van der Waals surface area contributed by atoms with Gasteiger partial charge in [-0.3, -0.25) is 0 Å². The number of hydrogen-bond acceptors (Lipinski definition) is 3. The molecule has 0 spiro atoms. The number of nitrogens with zero attached hydrogens (tertiary/aromatic N) is 2. The Morgan fingerprint density at radius 2 is 0.887 bits per heavy atom. The number of para-hydroxylation sites is 1. The van der Waals surface area contributed by atoms with Gasteiger partial charge in [0, 0.05) is 27.4 Å². The highest BCUT2D eigenvalue weighted by atomic mass is 16.4. The number of oxazole rings is 1. The summed E-state index contributed by atoms with van der Waals surface area (Å²) in [4.78, 5) is 5.08. The molecule has 8 aromatic carbocycles. The molecule has 0 N–H and O–H groups in total. The van der Waals surface area contributed by atoms with Gasteiger partial charge < -0.3 is 13.4 Å². The van der Waals surface area contributed by atoms with Gasteiger partial charge in [0.05, 0.1) is 16.4 Å². The molecule has 0 unspecified atom stereocenters. The molecule has 0 amide bonds. The number of rotatable bonds is 5. The second-order valence-electron chi connectivity index (χ2n) is 13.6. The molecule has 4 heteroatoms. The summed E-state index contributed by atoms with van der Waals surface area (Å²) in [7, 11) is 0. The van der Waals surface area contributed by atoms with E-state index >= 15 is 0 Å². The summed E-state index contributed by atoms with van der Waals surface area (Å²) in [6.07, 6.45) is 0. The molecule has 3 heterocycles. The first-order valence-corrected chi connectivity index (χ1v) is 17.9. The summed E-state index contributed by atoms with van der Waals surface area (Å²) in [5.41, 5.74) is 14.6. The standard InChI is InChI=1S/C49H30N2O2/c1-3-9-31(10-4-1)33-15-17-34(18-16-33)37-22-26-44-41(30-37)47-45(52-44)27-28-46-48(47)50-49(53-46)35-19-23-38(24-20-35)51-42-14-8-7-13-39(42)40-29-36(21-25-43(40)51)32-11-5-2-6-12-32/h1-30H. The summed E-state index contributed by atoms with van der Waals surface area (Å²) in [5.74, 6) is 0.579. The van der Waals surface area contributed by atoms with Crippen molar-refractivity contribution in [1.82, 2.24) is 9.55 Å². The van der Waals surface area contributed by atoms with Gasteiger partial charge in [-0.15, -0.1) is 0 Å². The Balaban J connectivity index is 0.971. The van der Waals surface area contributed by atoms with Gasteiger partial charge in [0.25, 0.3) is 0 Å². The lowest BCUT2D eigenvalue weighted by molar-refractivity contribution is 0.619. The zero-order valence-corrected chi connectivity index (χ0v) is 28.5. The molecule has 0 saturated carbocycles. The fourth-order valence-electron chi connectivity index (χ4n) is 7.86. The molecular formula is C49H30N2O2. The summed E-state index contributed by atoms with van der Waals surface area (Å²) in [6.45, 7) is 0. The van der Waals surface area contributed by atoms with Gasteiger partial charge in [-0.25, -0.2) is 4.98 Å². The van der Waals surface area contributed by atoms with Crippen LogP contribution in [-0.2, 0) is 0 Å². The lowest BCUT2D eigenvalue weighted by Gasteiger charge is -2.09. The van der Waals surface area contributed by atoms with Crippen LogP contribution < -0.4 is 0 Å². The largest absolute Gasteiger partial charge is 0.456 e. The Kier molecular flexibility index (Phi) is 6.52. The summed E-state index contributed by atoms with van der Waals surface area (Å²) in [5, 5.41) is 4.44. The summed E-state index contributed by atoms with van der Waals surface area (Å²) >= 11 is 0. The molecule has 53 heavy (non-hydrogen) atoms. The zero-order valence-electron chi connectivity index (χ0n) is 28.5. The summed E-state index contributed by atoms with van der Waals surface area (Å²) < 4.78 is 15.1. The van der Waals surface area contributed by atoms with Crippen molar-refractivity contribution < 1.29 is 8.83 Å². The minimum absolute atomic E-state index is 0.579. The molecule has 0 radical (unpaired) electrons. The quantitative estimate of drug-likeness (QED) is 0.182. The van der Waals surface area contributed by atoms with E-state index in [1.54, 1.807) is 0 Å². The maximum absolute atomic E-state index is 6.42. The SMILES string of the molecule is c1ccc(-c2ccc(-c3ccc4oc5ccc6oc(-c7ccc(-n8c9ccccc9c9cc(-c%10ccccc%10)ccc98)cc7)nc6c5c4c3)cc2)cc1. The molecule has 11 aromatic rings. The van der Waals surface area contributed by atoms with Crippen LogP contribution in [0.4, 0.5) is 0 Å². The second-order valence-corrected chi connectivity index (χ2v) is 13.6. The highest BCUT2D eigenvalue weighted by Gasteiger charge is 2.18. The van der Waals surface area contributed by atoms with E-state index in [2.05, 4.69) is 168 Å². The predicted octanol–water partition coefficient (Wildman–Crippen LogP) is 13.5. The Morgan fingerprint density at radius 3 is 1.64 bits per heavy atom. The van der Waals surface area contributed by atoms with Gasteiger partial charge in [-0.05, 0) is 100 Å². The van der Waals surface area contributed by atoms with Gasteiger partial charge in [-0.1, -0.05) is 115 Å². The van der Waals surface area contributed by atoms with Crippen molar-refractivity contribution in [2.45, 2.75) is 0 Å². The van der Waals surface area contributed by atoms with E-state index in [0.717, 1.165) is 55.4 Å². The molecule has 0 atom stereocenters. The normalized spacial score (nSPS) is 11.8. The van der Waals surface area contributed by atoms with Gasteiger partial charge in [0.1, 0.15) is 16.7 Å². The Hall–Kier alpha value is -7.17. The number of benzene rings is 8. The van der Waals surface area contributed by atoms with Crippen LogP contribution in [0.3, 0.4) is 0 Å². The Labute approximate surface area is 304 Å². The van der Waals surface area contributed by atoms with Crippen molar-refractivity contribution in [2.24, 2.45) is 0 Å². The zero-order chi connectivity index (χ0) is 34.9. The average molecular weight is 679 g/mol. The minimum atomic E-state index is 0.579. The number of hydrogen-bond donors (Lipinski definition) is 0. The monoisotopic (exact) mass is 678 g/mol. The maximum Gasteiger partial charge on any atom is 0.227 e. The maximum atomic E-state index is 6.42. The number of fused-ring (bicyclic) bond motifs is 8. The highest BCUT2D eigenvalue weighted by Crippen LogP contribution is 2.39. The molecule has 0 saturated heterocycles. The van der Waals surface area contributed by atoms with E-state index < -0.39 is 0 Å². The molecule has 0 aliphatic heterocycles. The van der Waals surface area contributed by atoms with Crippen molar-refractivity contribution in [3.63, 3.8) is 0 Å². The molecule has 0 aliphatic carbocycles. The third-order valence-electron chi connectivity index (χ3n) is 10.5. The Morgan fingerprint density at radius 1 is 0.358 bits per heavy atom. The third-order valence-corrected chi connectivity index (χ3v) is 10.5. The second kappa shape index (κ2) is 11.7. The molecule has 0 fully saturated rings. The lowest BCUT2D eigenvalue weighted by Crippen LogP contribution is -1.93. The summed E-state index contributed by atoms with van der Waals surface area (Å²) in [6, 6.07) is 63.9. The van der Waals surface area contributed by atoms with Crippen LogP contribution in [0.25, 0.3) is 105 Å². The van der Waals surface area contributed by atoms with Gasteiger partial charge in [-0.2, -0.15) is 0 Å². The van der Waals surface area contributed by atoms with E-state index in [-0.39, 0.29) is 0 Å². The van der Waals surface area contributed by atoms with Crippen molar-refractivity contribution in [3.8, 4) is 50.5 Å². The van der Waals surface area contributed by atoms with E-state index in [1.807, 2.05) is 18.2 Å². The number of aromatic nitrogens is 2. The molecule has 11 rings (SSSR count). The van der Waals surface area contributed by atoms with Crippen molar-refractivity contribution >= 4 is 54.8 Å². The first-order valence-electron chi connectivity index (χ1n) is 17.9. The van der Waals surface area contributed by atoms with Crippen LogP contribution in [0, 0.1) is 0 Å². The van der Waals surface area contributed by atoms with E-state index in [4.69, 9.17) is 13.8 Å². The molecule has 0 bridgehead atoms. The molecular weight excluding hydrogens is 649 g/mol. The number of furan rings is 1. The fourth-order valence-corrected chi connectivity index (χ4v) is 7.86. The van der Waals surface area contributed by atoms with Crippen molar-refractivity contribution in [3.05, 3.63) is 182 Å². The van der Waals surface area contributed by atoms with Gasteiger partial charge in [0.15, 0.2) is 5.58 Å². The van der Waals surface area contributed by atoms with E-state index in [1.165, 1.54) is 44.1 Å². The first-order chi connectivity index (χ1) is 26.2. The van der Waals surface area contributed by atoms with Crippen LogP contribution >= 0.6 is 0 Å². The lowest BCUT2D eigenvalue weighted by atomic mass is 9.99. The average Bonchev–Trinajstić information content (AvgIpc) is 3.93. The first kappa shape index (κ1) is 29.5. The van der Waals surface area contributed by atoms with Crippen LogP contribution in [0.2, 0.25) is 0 Å². The van der Waals surface area contributed by atoms with Crippen LogP contribution in [0.15, 0.2) is 191 Å². The Bertz CT molecular complexity index is 3130. The molecule has 248 valence electrons. The molecule has 4 nitrogen and oxygen atoms in total. The van der Waals surface area contributed by atoms with Gasteiger partial charge >= 0.3 is 0 Å². The van der Waals surface area contributed by atoms with E-state index in [9.17, 15) is 0 Å². The van der Waals surface area contributed by atoms with Gasteiger partial charge in [0.2, 0.25) is 5.89 Å². The minimum Gasteiger partial charge on any atom is -0.456 e. The van der Waals surface area contributed by atoms with E-state index in [0.29, 0.717) is 5.89 Å². The smallest absolute Gasteiger partial charge is 0.227 e. The topological polar surface area (TPSA) is 44.1 Å². The molecule has 0 aliphatic rings. The molecule has 3 aromatic heterocycles.